The summed E-state index contributed by atoms with van der Waals surface area (Å²) in [5.41, 5.74) is 0.423. The van der Waals surface area contributed by atoms with Crippen molar-refractivity contribution in [2.45, 2.75) is 5.38 Å². The molecule has 78 valence electrons. The van der Waals surface area contributed by atoms with Crippen LogP contribution in [0.5, 0.6) is 0 Å². The Morgan fingerprint density at radius 1 is 1.27 bits per heavy atom. The lowest BCUT2D eigenvalue weighted by molar-refractivity contribution is 0.613. The Morgan fingerprint density at radius 2 is 2.07 bits per heavy atom. The Morgan fingerprint density at radius 3 is 2.73 bits per heavy atom. The summed E-state index contributed by atoms with van der Waals surface area (Å²) in [7, 11) is 0. The number of hydrogen-bond acceptors (Lipinski definition) is 1. The minimum Gasteiger partial charge on any atom is -0.207 e. The van der Waals surface area contributed by atoms with Crippen LogP contribution in [-0.2, 0) is 0 Å². The summed E-state index contributed by atoms with van der Waals surface area (Å²) in [5, 5.41) is 1.94. The van der Waals surface area contributed by atoms with Gasteiger partial charge in [-0.05, 0) is 29.6 Å². The van der Waals surface area contributed by atoms with Gasteiger partial charge in [0.15, 0.2) is 0 Å². The molecule has 0 aliphatic rings. The monoisotopic (exact) mass is 260 g/mol. The third-order valence-corrected chi connectivity index (χ3v) is 3.80. The molecule has 2 aromatic rings. The Labute approximate surface area is 101 Å². The molecule has 1 aromatic heterocycles. The molecule has 0 N–H and O–H groups in total. The molecule has 15 heavy (non-hydrogen) atoms. The smallest absolute Gasteiger partial charge is 0.128 e. The van der Waals surface area contributed by atoms with Crippen molar-refractivity contribution in [2.24, 2.45) is 0 Å². The predicted molar refractivity (Wildman–Crippen MR) is 63.4 cm³/mol. The molecule has 1 unspecified atom stereocenters. The van der Waals surface area contributed by atoms with Crippen molar-refractivity contribution in [3.05, 3.63) is 57.0 Å². The van der Waals surface area contributed by atoms with Crippen molar-refractivity contribution < 1.29 is 4.39 Å². The van der Waals surface area contributed by atoms with Gasteiger partial charge in [0, 0.05) is 15.5 Å². The van der Waals surface area contributed by atoms with E-state index in [9.17, 15) is 4.39 Å². The molecule has 0 fully saturated rings. The highest BCUT2D eigenvalue weighted by Gasteiger charge is 2.16. The molecule has 0 saturated heterocycles. The highest BCUT2D eigenvalue weighted by Crippen LogP contribution is 2.34. The fraction of sp³-hybridized carbons (Fsp3) is 0.0909. The third kappa shape index (κ3) is 2.33. The van der Waals surface area contributed by atoms with E-state index >= 15 is 0 Å². The van der Waals surface area contributed by atoms with Gasteiger partial charge in [0.05, 0.1) is 5.38 Å². The van der Waals surface area contributed by atoms with Crippen molar-refractivity contribution in [1.82, 2.24) is 0 Å². The van der Waals surface area contributed by atoms with Crippen LogP contribution in [0.1, 0.15) is 15.8 Å². The third-order valence-electron chi connectivity index (χ3n) is 2.02. The Balaban J connectivity index is 2.41. The molecule has 1 atom stereocenters. The van der Waals surface area contributed by atoms with Gasteiger partial charge in [0.1, 0.15) is 5.82 Å². The van der Waals surface area contributed by atoms with Crippen LogP contribution in [0, 0.1) is 5.82 Å². The van der Waals surface area contributed by atoms with E-state index in [1.54, 1.807) is 6.07 Å². The van der Waals surface area contributed by atoms with Crippen LogP contribution in [0.4, 0.5) is 4.39 Å². The second kappa shape index (κ2) is 4.52. The van der Waals surface area contributed by atoms with E-state index in [2.05, 4.69) is 0 Å². The summed E-state index contributed by atoms with van der Waals surface area (Å²) in [6.45, 7) is 0. The van der Waals surface area contributed by atoms with Crippen molar-refractivity contribution in [3.8, 4) is 0 Å². The van der Waals surface area contributed by atoms with Crippen LogP contribution in [0.2, 0.25) is 5.02 Å². The van der Waals surface area contributed by atoms with E-state index in [0.717, 1.165) is 4.88 Å². The number of rotatable bonds is 2. The summed E-state index contributed by atoms with van der Waals surface area (Å²) in [6, 6.07) is 8.17. The lowest BCUT2D eigenvalue weighted by Gasteiger charge is -2.09. The number of thiophene rings is 1. The maximum absolute atomic E-state index is 13.5. The molecule has 0 radical (unpaired) electrons. The number of hydrogen-bond donors (Lipinski definition) is 0. The lowest BCUT2D eigenvalue weighted by Crippen LogP contribution is -1.94. The van der Waals surface area contributed by atoms with Gasteiger partial charge in [-0.1, -0.05) is 17.7 Å². The van der Waals surface area contributed by atoms with Gasteiger partial charge in [-0.2, -0.15) is 0 Å². The largest absolute Gasteiger partial charge is 0.207 e. The maximum atomic E-state index is 13.5. The molecule has 0 bridgehead atoms. The molecule has 2 rings (SSSR count). The first kappa shape index (κ1) is 10.9. The first-order valence-corrected chi connectivity index (χ1v) is 6.00. The van der Waals surface area contributed by atoms with Crippen molar-refractivity contribution in [1.29, 1.82) is 0 Å². The highest BCUT2D eigenvalue weighted by molar-refractivity contribution is 7.10. The highest BCUT2D eigenvalue weighted by atomic mass is 35.5. The van der Waals surface area contributed by atoms with Crippen molar-refractivity contribution >= 4 is 34.5 Å². The molecule has 0 spiro atoms. The van der Waals surface area contributed by atoms with Gasteiger partial charge in [-0.15, -0.1) is 22.9 Å². The van der Waals surface area contributed by atoms with Gasteiger partial charge in [-0.3, -0.25) is 0 Å². The molecular formula is C11H7Cl2FS. The first-order chi connectivity index (χ1) is 7.18. The molecule has 0 aliphatic heterocycles. The molecule has 0 amide bonds. The zero-order valence-electron chi connectivity index (χ0n) is 7.58. The van der Waals surface area contributed by atoms with Crippen LogP contribution in [-0.4, -0.2) is 0 Å². The summed E-state index contributed by atoms with van der Waals surface area (Å²) in [4.78, 5) is 0.915. The lowest BCUT2D eigenvalue weighted by atomic mass is 10.1. The molecule has 4 heteroatoms. The van der Waals surface area contributed by atoms with Crippen LogP contribution in [0.15, 0.2) is 35.7 Å². The summed E-state index contributed by atoms with van der Waals surface area (Å²) >= 11 is 13.5. The minimum absolute atomic E-state index is 0.326. The zero-order chi connectivity index (χ0) is 10.8. The molecular weight excluding hydrogens is 254 g/mol. The Kier molecular flexibility index (Phi) is 3.29. The summed E-state index contributed by atoms with van der Waals surface area (Å²) < 4.78 is 13.5. The minimum atomic E-state index is -0.469. The van der Waals surface area contributed by atoms with Gasteiger partial charge in [0.2, 0.25) is 0 Å². The summed E-state index contributed by atoms with van der Waals surface area (Å²) in [5.74, 6) is -0.326. The van der Waals surface area contributed by atoms with Crippen molar-refractivity contribution in [2.75, 3.05) is 0 Å². The van der Waals surface area contributed by atoms with Crippen molar-refractivity contribution in [3.63, 3.8) is 0 Å². The number of halogens is 3. The topological polar surface area (TPSA) is 0 Å². The number of alkyl halides is 1. The van der Waals surface area contributed by atoms with Crippen LogP contribution in [0.3, 0.4) is 0 Å². The van der Waals surface area contributed by atoms with Gasteiger partial charge >= 0.3 is 0 Å². The quantitative estimate of drug-likeness (QED) is 0.676. The normalized spacial score (nSPS) is 12.7. The fourth-order valence-corrected chi connectivity index (χ4v) is 2.59. The zero-order valence-corrected chi connectivity index (χ0v) is 9.91. The Hall–Kier alpha value is -0.570. The molecule has 0 saturated carbocycles. The standard InChI is InChI=1S/C11H7Cl2FS/c12-7-3-4-9(14)8(6-7)11(13)10-2-1-5-15-10/h1-6,11H. The average Bonchev–Trinajstić information content (AvgIpc) is 2.74. The van der Waals surface area contributed by atoms with E-state index in [0.29, 0.717) is 10.6 Å². The second-order valence-corrected chi connectivity index (χ2v) is 4.90. The van der Waals surface area contributed by atoms with Gasteiger partial charge in [0.25, 0.3) is 0 Å². The SMILES string of the molecule is Fc1ccc(Cl)cc1C(Cl)c1cccs1. The average molecular weight is 261 g/mol. The summed E-state index contributed by atoms with van der Waals surface area (Å²) in [6.07, 6.45) is 0. The number of benzene rings is 1. The molecule has 0 aliphatic carbocycles. The second-order valence-electron chi connectivity index (χ2n) is 3.04. The first-order valence-electron chi connectivity index (χ1n) is 4.31. The molecule has 0 nitrogen and oxygen atoms in total. The molecule has 1 aromatic carbocycles. The van der Waals surface area contributed by atoms with Gasteiger partial charge < -0.3 is 0 Å². The van der Waals surface area contributed by atoms with E-state index in [-0.39, 0.29) is 5.82 Å². The van der Waals surface area contributed by atoms with Gasteiger partial charge in [-0.25, -0.2) is 4.39 Å². The van der Waals surface area contributed by atoms with Crippen LogP contribution < -0.4 is 0 Å². The van der Waals surface area contributed by atoms with Crippen LogP contribution in [0.25, 0.3) is 0 Å². The van der Waals surface area contributed by atoms with E-state index in [4.69, 9.17) is 23.2 Å². The van der Waals surface area contributed by atoms with E-state index in [1.807, 2.05) is 17.5 Å². The maximum Gasteiger partial charge on any atom is 0.128 e. The van der Waals surface area contributed by atoms with E-state index < -0.39 is 5.38 Å². The fourth-order valence-electron chi connectivity index (χ4n) is 1.30. The predicted octanol–water partition coefficient (Wildman–Crippen LogP) is 4.87. The van der Waals surface area contributed by atoms with Crippen LogP contribution >= 0.6 is 34.5 Å². The van der Waals surface area contributed by atoms with E-state index in [1.165, 1.54) is 23.5 Å². The molecule has 1 heterocycles. The Bertz CT molecular complexity index is 454.